The first-order valence-electron chi connectivity index (χ1n) is 6.77. The Labute approximate surface area is 131 Å². The second-order valence-electron chi connectivity index (χ2n) is 4.69. The quantitative estimate of drug-likeness (QED) is 0.452. The fourth-order valence-corrected chi connectivity index (χ4v) is 2.13. The van der Waals surface area contributed by atoms with E-state index in [0.29, 0.717) is 23.3 Å². The predicted octanol–water partition coefficient (Wildman–Crippen LogP) is 3.64. The summed E-state index contributed by atoms with van der Waals surface area (Å²) in [4.78, 5) is 3.75. The molecule has 0 aliphatic rings. The van der Waals surface area contributed by atoms with Gasteiger partial charge in [-0.2, -0.15) is 21.6 Å². The Hall–Kier alpha value is -2.03. The Balaban J connectivity index is 2.22. The summed E-state index contributed by atoms with van der Waals surface area (Å²) >= 11 is 0. The topological polar surface area (TPSA) is 65.5 Å². The molecule has 1 aromatic carbocycles. The minimum absolute atomic E-state index is 0.294. The lowest BCUT2D eigenvalue weighted by Crippen LogP contribution is -2.28. The van der Waals surface area contributed by atoms with Gasteiger partial charge < -0.3 is 8.92 Å². The number of fused-ring (bicyclic) bond motifs is 1. The zero-order chi connectivity index (χ0) is 17.1. The van der Waals surface area contributed by atoms with Crippen LogP contribution in [0.1, 0.15) is 19.8 Å². The number of pyridine rings is 1. The highest BCUT2D eigenvalue weighted by Crippen LogP contribution is 2.28. The third-order valence-electron chi connectivity index (χ3n) is 2.88. The lowest BCUT2D eigenvalue weighted by molar-refractivity contribution is -0.0501. The number of halogens is 3. The van der Waals surface area contributed by atoms with E-state index < -0.39 is 21.5 Å². The van der Waals surface area contributed by atoms with Gasteiger partial charge in [-0.25, -0.2) is 4.98 Å². The van der Waals surface area contributed by atoms with Crippen LogP contribution in [0.3, 0.4) is 0 Å². The van der Waals surface area contributed by atoms with Crippen LogP contribution < -0.4 is 8.92 Å². The van der Waals surface area contributed by atoms with Gasteiger partial charge in [0.1, 0.15) is 5.75 Å². The summed E-state index contributed by atoms with van der Waals surface area (Å²) in [5.74, 6) is -0.0428. The van der Waals surface area contributed by atoms with Crippen molar-refractivity contribution in [3.63, 3.8) is 0 Å². The maximum absolute atomic E-state index is 12.3. The van der Waals surface area contributed by atoms with Gasteiger partial charge in [-0.05, 0) is 30.7 Å². The Kier molecular flexibility index (Phi) is 4.98. The first kappa shape index (κ1) is 17.3. The van der Waals surface area contributed by atoms with E-state index in [1.165, 1.54) is 12.1 Å². The van der Waals surface area contributed by atoms with Gasteiger partial charge in [-0.1, -0.05) is 13.3 Å². The molecule has 0 saturated heterocycles. The molecule has 2 rings (SSSR count). The molecule has 0 N–H and O–H groups in total. The average Bonchev–Trinajstić information content (AvgIpc) is 2.46. The predicted molar refractivity (Wildman–Crippen MR) is 77.7 cm³/mol. The molecule has 1 aromatic heterocycles. The second kappa shape index (κ2) is 6.61. The van der Waals surface area contributed by atoms with Gasteiger partial charge in [0, 0.05) is 11.5 Å². The largest absolute Gasteiger partial charge is 0.534 e. The molecule has 0 spiro atoms. The normalized spacial score (nSPS) is 12.3. The van der Waals surface area contributed by atoms with E-state index in [-0.39, 0.29) is 0 Å². The monoisotopic (exact) mass is 349 g/mol. The van der Waals surface area contributed by atoms with Gasteiger partial charge in [-0.15, -0.1) is 0 Å². The van der Waals surface area contributed by atoms with Crippen LogP contribution in [-0.2, 0) is 10.1 Å². The maximum atomic E-state index is 12.3. The van der Waals surface area contributed by atoms with E-state index in [2.05, 4.69) is 9.17 Å². The number of unbranched alkanes of at least 4 members (excludes halogenated alkanes) is 1. The van der Waals surface area contributed by atoms with Gasteiger partial charge in [0.25, 0.3) is 0 Å². The van der Waals surface area contributed by atoms with Gasteiger partial charge in [0.05, 0.1) is 12.1 Å². The maximum Gasteiger partial charge on any atom is 0.534 e. The fourth-order valence-electron chi connectivity index (χ4n) is 1.72. The molecule has 5 nitrogen and oxygen atoms in total. The van der Waals surface area contributed by atoms with Gasteiger partial charge >= 0.3 is 15.6 Å². The van der Waals surface area contributed by atoms with Crippen molar-refractivity contribution in [3.8, 4) is 11.6 Å². The van der Waals surface area contributed by atoms with E-state index >= 15 is 0 Å². The SMILES string of the molecule is CCCCOc1ccc2nc(OS(=O)(=O)C(F)(F)F)ccc2c1. The first-order chi connectivity index (χ1) is 10.7. The number of hydrogen-bond donors (Lipinski definition) is 0. The molecule has 2 aromatic rings. The third-order valence-corrected chi connectivity index (χ3v) is 3.84. The van der Waals surface area contributed by atoms with Crippen LogP contribution in [0.15, 0.2) is 30.3 Å². The molecule has 0 aliphatic heterocycles. The second-order valence-corrected chi connectivity index (χ2v) is 6.23. The van der Waals surface area contributed by atoms with Crippen molar-refractivity contribution >= 4 is 21.0 Å². The highest BCUT2D eigenvalue weighted by Gasteiger charge is 2.48. The summed E-state index contributed by atoms with van der Waals surface area (Å²) in [5.41, 5.74) is -5.21. The molecule has 1 heterocycles. The number of ether oxygens (including phenoxy) is 1. The smallest absolute Gasteiger partial charge is 0.494 e. The zero-order valence-corrected chi connectivity index (χ0v) is 12.9. The summed E-state index contributed by atoms with van der Waals surface area (Å²) in [5, 5.41) is 0.593. The number of nitrogens with zero attached hydrogens (tertiary/aromatic N) is 1. The van der Waals surface area contributed by atoms with E-state index in [9.17, 15) is 21.6 Å². The summed E-state index contributed by atoms with van der Waals surface area (Å²) in [7, 11) is -5.73. The third kappa shape index (κ3) is 4.25. The number of hydrogen-bond acceptors (Lipinski definition) is 5. The molecule has 0 fully saturated rings. The molecule has 126 valence electrons. The minimum atomic E-state index is -5.73. The first-order valence-corrected chi connectivity index (χ1v) is 8.18. The van der Waals surface area contributed by atoms with E-state index in [4.69, 9.17) is 4.74 Å². The molecule has 9 heteroatoms. The average molecular weight is 349 g/mol. The molecular formula is C14H14F3NO4S. The summed E-state index contributed by atoms with van der Waals surface area (Å²) in [6.07, 6.45) is 1.89. The lowest BCUT2D eigenvalue weighted by atomic mass is 10.2. The number of aromatic nitrogens is 1. The molecule has 0 saturated carbocycles. The number of benzene rings is 1. The Morgan fingerprint density at radius 2 is 1.91 bits per heavy atom. The Bertz CT molecular complexity index is 790. The fraction of sp³-hybridized carbons (Fsp3) is 0.357. The molecule has 0 amide bonds. The molecule has 0 bridgehead atoms. The van der Waals surface area contributed by atoms with Gasteiger partial charge in [0.2, 0.25) is 5.88 Å². The Morgan fingerprint density at radius 1 is 1.17 bits per heavy atom. The van der Waals surface area contributed by atoms with Crippen LogP contribution >= 0.6 is 0 Å². The van der Waals surface area contributed by atoms with Crippen molar-refractivity contribution in [2.24, 2.45) is 0 Å². The van der Waals surface area contributed by atoms with Crippen LogP contribution in [0.5, 0.6) is 11.6 Å². The summed E-state index contributed by atoms with van der Waals surface area (Å²) in [6, 6.07) is 7.26. The van der Waals surface area contributed by atoms with E-state index in [0.717, 1.165) is 18.9 Å². The van der Waals surface area contributed by atoms with E-state index in [1.807, 2.05) is 6.92 Å². The van der Waals surface area contributed by atoms with Crippen molar-refractivity contribution in [2.45, 2.75) is 25.3 Å². The van der Waals surface area contributed by atoms with Crippen LogP contribution in [0.25, 0.3) is 10.9 Å². The molecule has 0 atom stereocenters. The molecule has 0 unspecified atom stereocenters. The van der Waals surface area contributed by atoms with Crippen molar-refractivity contribution in [3.05, 3.63) is 30.3 Å². The molecular weight excluding hydrogens is 335 g/mol. The molecule has 0 radical (unpaired) electrons. The summed E-state index contributed by atoms with van der Waals surface area (Å²) < 4.78 is 68.2. The highest BCUT2D eigenvalue weighted by molar-refractivity contribution is 7.87. The van der Waals surface area contributed by atoms with Crippen LogP contribution in [-0.4, -0.2) is 25.5 Å². The van der Waals surface area contributed by atoms with Crippen molar-refractivity contribution in [1.29, 1.82) is 0 Å². The van der Waals surface area contributed by atoms with Crippen LogP contribution in [0, 0.1) is 0 Å². The standard InChI is InChI=1S/C14H14F3NO4S/c1-2-3-8-21-11-5-6-12-10(9-11)4-7-13(18-12)22-23(19,20)14(15,16)17/h4-7,9H,2-3,8H2,1H3. The molecule has 23 heavy (non-hydrogen) atoms. The van der Waals surface area contributed by atoms with Crippen molar-refractivity contribution < 1.29 is 30.5 Å². The van der Waals surface area contributed by atoms with Gasteiger partial charge in [-0.3, -0.25) is 0 Å². The van der Waals surface area contributed by atoms with Crippen molar-refractivity contribution in [2.75, 3.05) is 6.61 Å². The highest BCUT2D eigenvalue weighted by atomic mass is 32.2. The van der Waals surface area contributed by atoms with Crippen LogP contribution in [0.4, 0.5) is 13.2 Å². The van der Waals surface area contributed by atoms with Gasteiger partial charge in [0.15, 0.2) is 0 Å². The van der Waals surface area contributed by atoms with Crippen molar-refractivity contribution in [1.82, 2.24) is 4.98 Å². The lowest BCUT2D eigenvalue weighted by Gasteiger charge is -2.10. The number of rotatable bonds is 6. The van der Waals surface area contributed by atoms with E-state index in [1.54, 1.807) is 12.1 Å². The zero-order valence-electron chi connectivity index (χ0n) is 12.1. The minimum Gasteiger partial charge on any atom is -0.494 e. The molecule has 0 aliphatic carbocycles. The number of alkyl halides is 3. The van der Waals surface area contributed by atoms with Crippen LogP contribution in [0.2, 0.25) is 0 Å². The summed E-state index contributed by atoms with van der Waals surface area (Å²) in [6.45, 7) is 2.59. The Morgan fingerprint density at radius 3 is 2.57 bits per heavy atom.